The number of benzene rings is 1. The zero-order valence-electron chi connectivity index (χ0n) is 8.93. The number of ether oxygens (including phenoxy) is 1. The average molecular weight is 221 g/mol. The van der Waals surface area contributed by atoms with Crippen LogP contribution in [0.5, 0.6) is 0 Å². The summed E-state index contributed by atoms with van der Waals surface area (Å²) in [4.78, 5) is 19.4. The van der Waals surface area contributed by atoms with Gasteiger partial charge < -0.3 is 9.84 Å². The predicted octanol–water partition coefficient (Wildman–Crippen LogP) is 1.35. The van der Waals surface area contributed by atoms with Gasteiger partial charge in [-0.2, -0.15) is 5.26 Å². The lowest BCUT2D eigenvalue weighted by molar-refractivity contribution is -0.122. The fourth-order valence-corrected chi connectivity index (χ4v) is 1.03. The number of aryl methyl sites for hydroxylation is 1. The standard InChI is InChI=1S/C10H9NO2.CH2O2/c1-7-5-8(10(12)13-2)3-4-9(7)6-11;2-1-3/h3-5H,1-2H3;1H,(H,2,3). The smallest absolute Gasteiger partial charge is 0.337 e. The lowest BCUT2D eigenvalue weighted by Gasteiger charge is -2.01. The number of esters is 1. The van der Waals surface area contributed by atoms with Crippen LogP contribution in [0.4, 0.5) is 0 Å². The van der Waals surface area contributed by atoms with Crippen LogP contribution in [-0.4, -0.2) is 24.7 Å². The van der Waals surface area contributed by atoms with Gasteiger partial charge in [0.2, 0.25) is 0 Å². The van der Waals surface area contributed by atoms with E-state index in [1.165, 1.54) is 7.11 Å². The number of hydrogen-bond donors (Lipinski definition) is 1. The first kappa shape index (κ1) is 13.7. The molecule has 1 rings (SSSR count). The number of rotatable bonds is 1. The summed E-state index contributed by atoms with van der Waals surface area (Å²) in [7, 11) is 1.33. The molecule has 1 aromatic carbocycles. The highest BCUT2D eigenvalue weighted by atomic mass is 16.5. The maximum absolute atomic E-state index is 11.1. The first-order valence-corrected chi connectivity index (χ1v) is 4.27. The van der Waals surface area contributed by atoms with Gasteiger partial charge in [-0.25, -0.2) is 4.79 Å². The lowest BCUT2D eigenvalue weighted by Crippen LogP contribution is -2.01. The number of methoxy groups -OCH3 is 1. The van der Waals surface area contributed by atoms with Crippen LogP contribution in [0.2, 0.25) is 0 Å². The van der Waals surface area contributed by atoms with Crippen LogP contribution >= 0.6 is 0 Å². The van der Waals surface area contributed by atoms with Crippen molar-refractivity contribution in [1.29, 1.82) is 5.26 Å². The van der Waals surface area contributed by atoms with E-state index in [1.54, 1.807) is 25.1 Å². The Kier molecular flexibility index (Phi) is 5.98. The van der Waals surface area contributed by atoms with Crippen LogP contribution < -0.4 is 0 Å². The summed E-state index contributed by atoms with van der Waals surface area (Å²) in [6, 6.07) is 6.86. The molecular formula is C11H11NO4. The van der Waals surface area contributed by atoms with E-state index in [-0.39, 0.29) is 12.4 Å². The van der Waals surface area contributed by atoms with Crippen molar-refractivity contribution in [1.82, 2.24) is 0 Å². The Labute approximate surface area is 92.9 Å². The SMILES string of the molecule is COC(=O)c1ccc(C#N)c(C)c1.O=CO. The summed E-state index contributed by atoms with van der Waals surface area (Å²) in [6.07, 6.45) is 0. The van der Waals surface area contributed by atoms with E-state index in [2.05, 4.69) is 4.74 Å². The molecule has 0 amide bonds. The van der Waals surface area contributed by atoms with Crippen molar-refractivity contribution in [3.63, 3.8) is 0 Å². The third-order valence-electron chi connectivity index (χ3n) is 1.77. The molecule has 0 unspecified atom stereocenters. The van der Waals surface area contributed by atoms with E-state index in [4.69, 9.17) is 15.2 Å². The molecule has 84 valence electrons. The minimum absolute atomic E-state index is 0.250. The van der Waals surface area contributed by atoms with Crippen LogP contribution in [-0.2, 0) is 9.53 Å². The van der Waals surface area contributed by atoms with Crippen molar-refractivity contribution in [2.75, 3.05) is 7.11 Å². The van der Waals surface area contributed by atoms with Gasteiger partial charge in [0, 0.05) is 0 Å². The van der Waals surface area contributed by atoms with Crippen molar-refractivity contribution in [2.45, 2.75) is 6.92 Å². The third kappa shape index (κ3) is 3.80. The van der Waals surface area contributed by atoms with Gasteiger partial charge in [0.15, 0.2) is 0 Å². The number of carboxylic acid groups (broad SMARTS) is 1. The number of carbonyl (C=O) groups is 2. The molecule has 0 atom stereocenters. The second kappa shape index (κ2) is 7.01. The van der Waals surface area contributed by atoms with E-state index in [0.29, 0.717) is 11.1 Å². The number of hydrogen-bond acceptors (Lipinski definition) is 4. The van der Waals surface area contributed by atoms with Crippen LogP contribution in [0.3, 0.4) is 0 Å². The number of nitriles is 1. The van der Waals surface area contributed by atoms with Gasteiger partial charge in [0.05, 0.1) is 24.3 Å². The molecule has 0 heterocycles. The van der Waals surface area contributed by atoms with Gasteiger partial charge in [0.25, 0.3) is 6.47 Å². The molecule has 0 saturated heterocycles. The fourth-order valence-electron chi connectivity index (χ4n) is 1.03. The molecule has 1 aromatic rings. The summed E-state index contributed by atoms with van der Waals surface area (Å²) in [6.45, 7) is 1.53. The van der Waals surface area contributed by atoms with Crippen LogP contribution in [0, 0.1) is 18.3 Å². The van der Waals surface area contributed by atoms with Crippen molar-refractivity contribution >= 4 is 12.4 Å². The molecule has 5 nitrogen and oxygen atoms in total. The molecule has 5 heteroatoms. The Hall–Kier alpha value is -2.35. The molecule has 0 aliphatic heterocycles. The molecule has 0 aliphatic rings. The molecule has 0 radical (unpaired) electrons. The average Bonchev–Trinajstić information content (AvgIpc) is 2.29. The predicted molar refractivity (Wildman–Crippen MR) is 55.9 cm³/mol. The largest absolute Gasteiger partial charge is 0.483 e. The maximum Gasteiger partial charge on any atom is 0.337 e. The Balaban J connectivity index is 0.000000673. The summed E-state index contributed by atoms with van der Waals surface area (Å²) in [5.41, 5.74) is 1.83. The Morgan fingerprint density at radius 3 is 2.50 bits per heavy atom. The van der Waals surface area contributed by atoms with E-state index in [1.807, 2.05) is 6.07 Å². The van der Waals surface area contributed by atoms with Crippen LogP contribution in [0.25, 0.3) is 0 Å². The Bertz CT molecular complexity index is 420. The lowest BCUT2D eigenvalue weighted by atomic mass is 10.1. The molecule has 0 bridgehead atoms. The van der Waals surface area contributed by atoms with Gasteiger partial charge in [0.1, 0.15) is 0 Å². The monoisotopic (exact) mass is 221 g/mol. The number of carbonyl (C=O) groups excluding carboxylic acids is 1. The summed E-state index contributed by atoms with van der Waals surface area (Å²) in [5, 5.41) is 15.5. The van der Waals surface area contributed by atoms with Gasteiger partial charge in [-0.15, -0.1) is 0 Å². The summed E-state index contributed by atoms with van der Waals surface area (Å²) >= 11 is 0. The van der Waals surface area contributed by atoms with Gasteiger partial charge in [-0.3, -0.25) is 4.79 Å². The first-order chi connectivity index (χ1) is 7.60. The quantitative estimate of drug-likeness (QED) is 0.571. The molecule has 0 aromatic heterocycles. The second-order valence-corrected chi connectivity index (χ2v) is 2.74. The van der Waals surface area contributed by atoms with Crippen LogP contribution in [0.15, 0.2) is 18.2 Å². The third-order valence-corrected chi connectivity index (χ3v) is 1.77. The van der Waals surface area contributed by atoms with Crippen molar-refractivity contribution in [2.24, 2.45) is 0 Å². The molecule has 1 N–H and O–H groups in total. The van der Waals surface area contributed by atoms with Crippen molar-refractivity contribution < 1.29 is 19.4 Å². The summed E-state index contributed by atoms with van der Waals surface area (Å²) in [5.74, 6) is -0.382. The topological polar surface area (TPSA) is 87.4 Å². The normalized spacial score (nSPS) is 8.06. The Morgan fingerprint density at radius 1 is 1.56 bits per heavy atom. The minimum Gasteiger partial charge on any atom is -0.483 e. The highest BCUT2D eigenvalue weighted by Gasteiger charge is 2.06. The van der Waals surface area contributed by atoms with E-state index in [9.17, 15) is 4.79 Å². The highest BCUT2D eigenvalue weighted by molar-refractivity contribution is 5.89. The minimum atomic E-state index is -0.382. The molecule has 0 aliphatic carbocycles. The van der Waals surface area contributed by atoms with E-state index in [0.717, 1.165) is 5.56 Å². The van der Waals surface area contributed by atoms with E-state index >= 15 is 0 Å². The van der Waals surface area contributed by atoms with Crippen LogP contribution in [0.1, 0.15) is 21.5 Å². The second-order valence-electron chi connectivity index (χ2n) is 2.74. The van der Waals surface area contributed by atoms with Crippen molar-refractivity contribution in [3.05, 3.63) is 34.9 Å². The van der Waals surface area contributed by atoms with E-state index < -0.39 is 0 Å². The molecule has 0 spiro atoms. The summed E-state index contributed by atoms with van der Waals surface area (Å²) < 4.78 is 4.54. The zero-order chi connectivity index (χ0) is 12.6. The molecular weight excluding hydrogens is 210 g/mol. The first-order valence-electron chi connectivity index (χ1n) is 4.27. The maximum atomic E-state index is 11.1. The van der Waals surface area contributed by atoms with Gasteiger partial charge >= 0.3 is 5.97 Å². The number of nitrogens with zero attached hydrogens (tertiary/aromatic N) is 1. The van der Waals surface area contributed by atoms with Gasteiger partial charge in [-0.05, 0) is 30.7 Å². The zero-order valence-corrected chi connectivity index (χ0v) is 8.93. The fraction of sp³-hybridized carbons (Fsp3) is 0.182. The van der Waals surface area contributed by atoms with Gasteiger partial charge in [-0.1, -0.05) is 0 Å². The molecule has 16 heavy (non-hydrogen) atoms. The Morgan fingerprint density at radius 2 is 2.12 bits per heavy atom. The molecule has 0 fully saturated rings. The highest BCUT2D eigenvalue weighted by Crippen LogP contribution is 2.10. The van der Waals surface area contributed by atoms with Crippen molar-refractivity contribution in [3.8, 4) is 6.07 Å². The molecule has 0 saturated carbocycles.